The number of rotatable bonds is 7. The molecule has 3 aromatic rings. The topological polar surface area (TPSA) is 122 Å². The molecule has 10 heteroatoms. The molecule has 0 bridgehead atoms. The van der Waals surface area contributed by atoms with Gasteiger partial charge in [0.15, 0.2) is 15.9 Å². The molecule has 2 N–H and O–H groups in total. The van der Waals surface area contributed by atoms with E-state index in [4.69, 9.17) is 10.5 Å². The third-order valence-corrected chi connectivity index (χ3v) is 8.69. The van der Waals surface area contributed by atoms with Crippen LogP contribution >= 0.6 is 23.1 Å². The fraction of sp³-hybridized carbons (Fsp3) is 0.250. The van der Waals surface area contributed by atoms with Gasteiger partial charge >= 0.3 is 0 Å². The van der Waals surface area contributed by atoms with Gasteiger partial charge < -0.3 is 10.5 Å². The first-order chi connectivity index (χ1) is 18.4. The molecule has 1 aromatic heterocycles. The highest BCUT2D eigenvalue weighted by Crippen LogP contribution is 2.47. The van der Waals surface area contributed by atoms with Crippen molar-refractivity contribution in [3.05, 3.63) is 87.9 Å². The van der Waals surface area contributed by atoms with Crippen molar-refractivity contribution in [2.45, 2.75) is 36.4 Å². The number of thioether (sulfide) groups is 1. The summed E-state index contributed by atoms with van der Waals surface area (Å²) in [6, 6.07) is 17.1. The third-order valence-electron chi connectivity index (χ3n) is 6.65. The van der Waals surface area contributed by atoms with Crippen molar-refractivity contribution in [1.29, 1.82) is 5.26 Å². The summed E-state index contributed by atoms with van der Waals surface area (Å²) in [6.45, 7) is 1.99. The first kappa shape index (κ1) is 25.7. The van der Waals surface area contributed by atoms with E-state index in [1.54, 1.807) is 36.3 Å². The second-order valence-corrected chi connectivity index (χ2v) is 11.2. The van der Waals surface area contributed by atoms with E-state index in [0.29, 0.717) is 51.2 Å². The number of anilines is 1. The van der Waals surface area contributed by atoms with Crippen LogP contribution < -0.4 is 15.4 Å². The van der Waals surface area contributed by atoms with Gasteiger partial charge in [0, 0.05) is 23.3 Å². The lowest BCUT2D eigenvalue weighted by Crippen LogP contribution is -2.38. The van der Waals surface area contributed by atoms with Crippen LogP contribution in [0.1, 0.15) is 46.7 Å². The number of allylic oxidation sites excluding steroid dienone is 3. The summed E-state index contributed by atoms with van der Waals surface area (Å²) in [4.78, 5) is 27.6. The maximum atomic E-state index is 13.2. The van der Waals surface area contributed by atoms with Crippen LogP contribution in [0.25, 0.3) is 0 Å². The van der Waals surface area contributed by atoms with Crippen LogP contribution in [-0.4, -0.2) is 34.6 Å². The molecule has 2 aliphatic rings. The second-order valence-electron chi connectivity index (χ2n) is 9.02. The fourth-order valence-electron chi connectivity index (χ4n) is 4.74. The number of hydrogen-bond donors (Lipinski definition) is 1. The molecule has 0 saturated heterocycles. The number of methoxy groups -OCH3 is 1. The van der Waals surface area contributed by atoms with E-state index >= 15 is 0 Å². The number of ketones is 2. The van der Waals surface area contributed by atoms with Gasteiger partial charge in [-0.1, -0.05) is 52.9 Å². The number of benzene rings is 2. The summed E-state index contributed by atoms with van der Waals surface area (Å²) in [5, 5.41) is 19.2. The van der Waals surface area contributed by atoms with Crippen molar-refractivity contribution >= 4 is 39.8 Å². The van der Waals surface area contributed by atoms with Crippen molar-refractivity contribution in [2.24, 2.45) is 5.73 Å². The van der Waals surface area contributed by atoms with Crippen molar-refractivity contribution in [3.8, 4) is 11.8 Å². The number of carbonyl (C=O) groups excluding carboxylic acids is 2. The highest BCUT2D eigenvalue weighted by Gasteiger charge is 2.41. The Balaban J connectivity index is 1.44. The number of nitrogens with zero attached hydrogens (tertiary/aromatic N) is 4. The highest BCUT2D eigenvalue weighted by molar-refractivity contribution is 8.01. The van der Waals surface area contributed by atoms with Crippen LogP contribution in [0.2, 0.25) is 0 Å². The van der Waals surface area contributed by atoms with E-state index in [-0.39, 0.29) is 23.1 Å². The molecule has 0 amide bonds. The fourth-order valence-corrected chi connectivity index (χ4v) is 6.51. The van der Waals surface area contributed by atoms with E-state index in [1.807, 2.05) is 31.2 Å². The Morgan fingerprint density at radius 1 is 1.18 bits per heavy atom. The summed E-state index contributed by atoms with van der Waals surface area (Å²) in [7, 11) is 1.58. The zero-order valence-electron chi connectivity index (χ0n) is 20.9. The number of aromatic nitrogens is 2. The number of ether oxygens (including phenoxy) is 1. The molecule has 0 saturated carbocycles. The molecule has 0 fully saturated rings. The normalized spacial score (nSPS) is 17.3. The SMILES string of the molecule is COc1ccc(C(=O)CSc2nnc(N3C(N)=C(C#N)C(c4ccc(C)cc4)C4=C3CCCC4=O)s2)cc1. The minimum Gasteiger partial charge on any atom is -0.497 e. The Kier molecular flexibility index (Phi) is 7.31. The molecule has 0 spiro atoms. The summed E-state index contributed by atoms with van der Waals surface area (Å²) in [5.41, 5.74) is 10.8. The molecular formula is C28H25N5O3S2. The Morgan fingerprint density at radius 2 is 1.92 bits per heavy atom. The minimum atomic E-state index is -0.511. The van der Waals surface area contributed by atoms with Crippen LogP contribution in [-0.2, 0) is 4.79 Å². The first-order valence-electron chi connectivity index (χ1n) is 12.1. The molecule has 1 aliphatic heterocycles. The minimum absolute atomic E-state index is 0.0197. The third kappa shape index (κ3) is 4.83. The lowest BCUT2D eigenvalue weighted by Gasteiger charge is -2.38. The van der Waals surface area contributed by atoms with Gasteiger partial charge in [-0.05, 0) is 49.6 Å². The van der Waals surface area contributed by atoms with Gasteiger partial charge in [0.2, 0.25) is 5.13 Å². The molecule has 8 nitrogen and oxygen atoms in total. The predicted octanol–water partition coefficient (Wildman–Crippen LogP) is 5.13. The summed E-state index contributed by atoms with van der Waals surface area (Å²) >= 11 is 2.57. The standard InChI is InChI=1S/C28H25N5O3S2/c1-16-6-8-18(9-7-16)24-20(14-29)26(30)33(21-4-3-5-22(34)25(21)24)27-31-32-28(38-27)37-15-23(35)17-10-12-19(36-2)13-11-17/h6-13,24H,3-5,15,30H2,1-2H3. The van der Waals surface area contributed by atoms with Crippen LogP contribution in [0, 0.1) is 18.3 Å². The number of carbonyl (C=O) groups is 2. The van der Waals surface area contributed by atoms with Gasteiger partial charge in [-0.15, -0.1) is 10.2 Å². The Hall–Kier alpha value is -3.94. The number of aryl methyl sites for hydroxylation is 1. The van der Waals surface area contributed by atoms with Gasteiger partial charge in [0.1, 0.15) is 11.6 Å². The lowest BCUT2D eigenvalue weighted by atomic mass is 9.75. The number of nitrogens with two attached hydrogens (primary N) is 1. The lowest BCUT2D eigenvalue weighted by molar-refractivity contribution is -0.116. The van der Waals surface area contributed by atoms with E-state index < -0.39 is 5.92 Å². The molecule has 1 aliphatic carbocycles. The largest absolute Gasteiger partial charge is 0.497 e. The van der Waals surface area contributed by atoms with Crippen molar-refractivity contribution in [2.75, 3.05) is 17.8 Å². The molecular weight excluding hydrogens is 518 g/mol. The van der Waals surface area contributed by atoms with Crippen LogP contribution in [0.3, 0.4) is 0 Å². The average molecular weight is 544 g/mol. The van der Waals surface area contributed by atoms with Crippen LogP contribution in [0.5, 0.6) is 5.75 Å². The van der Waals surface area contributed by atoms with Crippen LogP contribution in [0.4, 0.5) is 5.13 Å². The molecule has 38 heavy (non-hydrogen) atoms. The zero-order valence-corrected chi connectivity index (χ0v) is 22.6. The Morgan fingerprint density at radius 3 is 2.61 bits per heavy atom. The molecule has 0 radical (unpaired) electrons. The average Bonchev–Trinajstić information content (AvgIpc) is 3.40. The van der Waals surface area contributed by atoms with Gasteiger partial charge in [-0.2, -0.15) is 5.26 Å². The molecule has 1 unspecified atom stereocenters. The van der Waals surface area contributed by atoms with Crippen molar-refractivity contribution in [1.82, 2.24) is 10.2 Å². The Labute approximate surface area is 228 Å². The van der Waals surface area contributed by atoms with Gasteiger partial charge in [0.25, 0.3) is 0 Å². The molecule has 192 valence electrons. The smallest absolute Gasteiger partial charge is 0.219 e. The summed E-state index contributed by atoms with van der Waals surface area (Å²) in [5.74, 6) is 0.606. The molecule has 5 rings (SSSR count). The molecule has 2 heterocycles. The second kappa shape index (κ2) is 10.8. The maximum absolute atomic E-state index is 13.2. The summed E-state index contributed by atoms with van der Waals surface area (Å²) in [6.07, 6.45) is 1.76. The van der Waals surface area contributed by atoms with Crippen LogP contribution in [0.15, 0.2) is 75.5 Å². The quantitative estimate of drug-likeness (QED) is 0.319. The predicted molar refractivity (Wildman–Crippen MR) is 147 cm³/mol. The molecule has 2 aromatic carbocycles. The van der Waals surface area contributed by atoms with E-state index in [1.165, 1.54) is 23.1 Å². The number of nitriles is 1. The highest BCUT2D eigenvalue weighted by atomic mass is 32.2. The zero-order chi connectivity index (χ0) is 26.8. The maximum Gasteiger partial charge on any atom is 0.219 e. The number of Topliss-reactive ketones (excluding diaryl/α,β-unsaturated/α-hetero) is 2. The van der Waals surface area contributed by atoms with Gasteiger partial charge in [-0.3, -0.25) is 14.5 Å². The first-order valence-corrected chi connectivity index (χ1v) is 13.9. The van der Waals surface area contributed by atoms with Crippen molar-refractivity contribution < 1.29 is 14.3 Å². The van der Waals surface area contributed by atoms with E-state index in [0.717, 1.165) is 16.8 Å². The van der Waals surface area contributed by atoms with Crippen molar-refractivity contribution in [3.63, 3.8) is 0 Å². The van der Waals surface area contributed by atoms with Gasteiger partial charge in [-0.25, -0.2) is 0 Å². The van der Waals surface area contributed by atoms with E-state index in [9.17, 15) is 14.9 Å². The number of hydrogen-bond acceptors (Lipinski definition) is 10. The monoisotopic (exact) mass is 543 g/mol. The van der Waals surface area contributed by atoms with E-state index in [2.05, 4.69) is 16.3 Å². The van der Waals surface area contributed by atoms with Gasteiger partial charge in [0.05, 0.1) is 30.4 Å². The molecule has 1 atom stereocenters. The Bertz CT molecular complexity index is 1500. The summed E-state index contributed by atoms with van der Waals surface area (Å²) < 4.78 is 5.74.